The standard InChI is InChI=1S/C23H24N2O3S/c1-16-8-11-19(12-9-16)15-24-23(26)20-5-4-6-21(14-20)25-29(27,28)22-13-17(2)7-10-18(22)3/h4-14,25H,15H2,1-3H3,(H,24,26). The number of hydrogen-bond donors (Lipinski definition) is 2. The lowest BCUT2D eigenvalue weighted by Crippen LogP contribution is -2.23. The smallest absolute Gasteiger partial charge is 0.262 e. The van der Waals surface area contributed by atoms with Crippen LogP contribution in [0.5, 0.6) is 0 Å². The van der Waals surface area contributed by atoms with Gasteiger partial charge in [0.1, 0.15) is 0 Å². The number of carbonyl (C=O) groups is 1. The Balaban J connectivity index is 1.74. The first kappa shape index (κ1) is 20.6. The molecule has 6 heteroatoms. The lowest BCUT2D eigenvalue weighted by Gasteiger charge is -2.12. The normalized spacial score (nSPS) is 11.1. The van der Waals surface area contributed by atoms with Gasteiger partial charge in [-0.2, -0.15) is 0 Å². The van der Waals surface area contributed by atoms with Gasteiger partial charge in [0.2, 0.25) is 0 Å². The van der Waals surface area contributed by atoms with Crippen LogP contribution >= 0.6 is 0 Å². The van der Waals surface area contributed by atoms with Crippen molar-refractivity contribution in [2.24, 2.45) is 0 Å². The van der Waals surface area contributed by atoms with Crippen LogP contribution < -0.4 is 10.0 Å². The molecule has 0 bridgehead atoms. The van der Waals surface area contributed by atoms with Crippen LogP contribution in [0, 0.1) is 20.8 Å². The first-order chi connectivity index (χ1) is 13.7. The van der Waals surface area contributed by atoms with Gasteiger partial charge in [-0.25, -0.2) is 8.42 Å². The van der Waals surface area contributed by atoms with Crippen molar-refractivity contribution in [2.75, 3.05) is 4.72 Å². The topological polar surface area (TPSA) is 75.3 Å². The predicted octanol–water partition coefficient (Wildman–Crippen LogP) is 4.34. The number of rotatable bonds is 6. The summed E-state index contributed by atoms with van der Waals surface area (Å²) in [5.41, 5.74) is 4.40. The number of benzene rings is 3. The fourth-order valence-electron chi connectivity index (χ4n) is 2.92. The third kappa shape index (κ3) is 5.23. The van der Waals surface area contributed by atoms with E-state index in [4.69, 9.17) is 0 Å². The second kappa shape index (κ2) is 8.49. The molecule has 1 amide bonds. The number of aryl methyl sites for hydroxylation is 3. The van der Waals surface area contributed by atoms with Crippen molar-refractivity contribution in [3.8, 4) is 0 Å². The zero-order chi connectivity index (χ0) is 21.0. The fourth-order valence-corrected chi connectivity index (χ4v) is 4.30. The molecule has 29 heavy (non-hydrogen) atoms. The van der Waals surface area contributed by atoms with E-state index >= 15 is 0 Å². The molecule has 0 radical (unpaired) electrons. The van der Waals surface area contributed by atoms with Crippen LogP contribution in [0.2, 0.25) is 0 Å². The van der Waals surface area contributed by atoms with Gasteiger partial charge in [0.25, 0.3) is 15.9 Å². The summed E-state index contributed by atoms with van der Waals surface area (Å²) in [5.74, 6) is -0.265. The number of anilines is 1. The van der Waals surface area contributed by atoms with E-state index in [0.717, 1.165) is 16.7 Å². The predicted molar refractivity (Wildman–Crippen MR) is 116 cm³/mol. The zero-order valence-electron chi connectivity index (χ0n) is 16.7. The molecule has 3 aromatic carbocycles. The van der Waals surface area contributed by atoms with E-state index in [2.05, 4.69) is 10.0 Å². The quantitative estimate of drug-likeness (QED) is 0.637. The van der Waals surface area contributed by atoms with Crippen LogP contribution in [0.3, 0.4) is 0 Å². The van der Waals surface area contributed by atoms with E-state index in [1.807, 2.05) is 44.2 Å². The van der Waals surface area contributed by atoms with E-state index in [-0.39, 0.29) is 10.8 Å². The maximum absolute atomic E-state index is 12.8. The Kier molecular flexibility index (Phi) is 6.03. The highest BCUT2D eigenvalue weighted by atomic mass is 32.2. The number of hydrogen-bond acceptors (Lipinski definition) is 3. The molecule has 3 rings (SSSR count). The van der Waals surface area contributed by atoms with Crippen LogP contribution in [-0.2, 0) is 16.6 Å². The third-order valence-electron chi connectivity index (χ3n) is 4.58. The lowest BCUT2D eigenvalue weighted by atomic mass is 10.1. The van der Waals surface area contributed by atoms with Crippen LogP contribution in [-0.4, -0.2) is 14.3 Å². The van der Waals surface area contributed by atoms with Crippen molar-refractivity contribution < 1.29 is 13.2 Å². The number of amides is 1. The Morgan fingerprint density at radius 2 is 1.55 bits per heavy atom. The van der Waals surface area contributed by atoms with E-state index in [1.54, 1.807) is 37.3 Å². The van der Waals surface area contributed by atoms with Crippen molar-refractivity contribution in [1.82, 2.24) is 5.32 Å². The molecular weight excluding hydrogens is 384 g/mol. The maximum Gasteiger partial charge on any atom is 0.262 e. The average Bonchev–Trinajstić information content (AvgIpc) is 2.69. The van der Waals surface area contributed by atoms with Crippen LogP contribution in [0.1, 0.15) is 32.6 Å². The number of carbonyl (C=O) groups excluding carboxylic acids is 1. The summed E-state index contributed by atoms with van der Waals surface area (Å²) >= 11 is 0. The van der Waals surface area contributed by atoms with Crippen LogP contribution in [0.4, 0.5) is 5.69 Å². The SMILES string of the molecule is Cc1ccc(CNC(=O)c2cccc(NS(=O)(=O)c3cc(C)ccc3C)c2)cc1. The van der Waals surface area contributed by atoms with Gasteiger partial charge in [0.15, 0.2) is 0 Å². The minimum Gasteiger partial charge on any atom is -0.348 e. The Bertz CT molecular complexity index is 1140. The van der Waals surface area contributed by atoms with E-state index < -0.39 is 10.0 Å². The van der Waals surface area contributed by atoms with Gasteiger partial charge in [-0.1, -0.05) is 48.0 Å². The van der Waals surface area contributed by atoms with Crippen molar-refractivity contribution in [2.45, 2.75) is 32.2 Å². The zero-order valence-corrected chi connectivity index (χ0v) is 17.5. The minimum atomic E-state index is -3.75. The van der Waals surface area contributed by atoms with Gasteiger partial charge >= 0.3 is 0 Å². The van der Waals surface area contributed by atoms with Gasteiger partial charge in [-0.15, -0.1) is 0 Å². The summed E-state index contributed by atoms with van der Waals surface area (Å²) in [6.07, 6.45) is 0. The molecule has 0 atom stereocenters. The Morgan fingerprint density at radius 1 is 0.862 bits per heavy atom. The summed E-state index contributed by atoms with van der Waals surface area (Å²) in [5, 5.41) is 2.86. The van der Waals surface area contributed by atoms with E-state index in [0.29, 0.717) is 23.4 Å². The van der Waals surface area contributed by atoms with E-state index in [1.165, 1.54) is 6.07 Å². The average molecular weight is 409 g/mol. The Hall–Kier alpha value is -3.12. The number of sulfonamides is 1. The molecule has 0 aromatic heterocycles. The van der Waals surface area contributed by atoms with Gasteiger partial charge < -0.3 is 5.32 Å². The molecule has 3 aromatic rings. The molecule has 0 unspecified atom stereocenters. The van der Waals surface area contributed by atoms with Gasteiger partial charge in [-0.05, 0) is 61.7 Å². The van der Waals surface area contributed by atoms with Crippen molar-refractivity contribution in [1.29, 1.82) is 0 Å². The van der Waals surface area contributed by atoms with Gasteiger partial charge in [-0.3, -0.25) is 9.52 Å². The molecule has 0 aliphatic heterocycles. The maximum atomic E-state index is 12.8. The highest BCUT2D eigenvalue weighted by Crippen LogP contribution is 2.21. The second-order valence-electron chi connectivity index (χ2n) is 7.12. The minimum absolute atomic E-state index is 0.228. The summed E-state index contributed by atoms with van der Waals surface area (Å²) in [7, 11) is -3.75. The molecule has 0 heterocycles. The molecular formula is C23H24N2O3S. The van der Waals surface area contributed by atoms with Crippen molar-refractivity contribution in [3.63, 3.8) is 0 Å². The molecule has 2 N–H and O–H groups in total. The van der Waals surface area contributed by atoms with Crippen molar-refractivity contribution >= 4 is 21.6 Å². The molecule has 0 saturated carbocycles. The fraction of sp³-hybridized carbons (Fsp3) is 0.174. The molecule has 0 aliphatic carbocycles. The Labute approximate surface area is 171 Å². The third-order valence-corrected chi connectivity index (χ3v) is 6.11. The molecule has 0 saturated heterocycles. The molecule has 0 fully saturated rings. The molecule has 5 nitrogen and oxygen atoms in total. The van der Waals surface area contributed by atoms with Gasteiger partial charge in [0.05, 0.1) is 4.90 Å². The highest BCUT2D eigenvalue weighted by molar-refractivity contribution is 7.92. The first-order valence-corrected chi connectivity index (χ1v) is 10.8. The summed E-state index contributed by atoms with van der Waals surface area (Å²) in [6.45, 7) is 6.01. The monoisotopic (exact) mass is 408 g/mol. The largest absolute Gasteiger partial charge is 0.348 e. The highest BCUT2D eigenvalue weighted by Gasteiger charge is 2.18. The summed E-state index contributed by atoms with van der Waals surface area (Å²) < 4.78 is 28.1. The van der Waals surface area contributed by atoms with E-state index in [9.17, 15) is 13.2 Å². The van der Waals surface area contributed by atoms with Crippen molar-refractivity contribution in [3.05, 3.63) is 94.5 Å². The van der Waals surface area contributed by atoms with Crippen LogP contribution in [0.15, 0.2) is 71.6 Å². The second-order valence-corrected chi connectivity index (χ2v) is 8.77. The number of nitrogens with one attached hydrogen (secondary N) is 2. The molecule has 150 valence electrons. The molecule has 0 spiro atoms. The summed E-state index contributed by atoms with van der Waals surface area (Å²) in [4.78, 5) is 12.7. The Morgan fingerprint density at radius 3 is 2.28 bits per heavy atom. The van der Waals surface area contributed by atoms with Crippen LogP contribution in [0.25, 0.3) is 0 Å². The van der Waals surface area contributed by atoms with Gasteiger partial charge in [0, 0.05) is 17.8 Å². The lowest BCUT2D eigenvalue weighted by molar-refractivity contribution is 0.0951. The molecule has 0 aliphatic rings. The first-order valence-electron chi connectivity index (χ1n) is 9.28. The summed E-state index contributed by atoms with van der Waals surface area (Å²) in [6, 6.07) is 19.7.